The third kappa shape index (κ3) is 4.33. The van der Waals surface area contributed by atoms with E-state index in [4.69, 9.17) is 9.72 Å². The van der Waals surface area contributed by atoms with Crippen LogP contribution in [0.4, 0.5) is 0 Å². The molecule has 0 spiro atoms. The quantitative estimate of drug-likeness (QED) is 0.550. The van der Waals surface area contributed by atoms with Crippen molar-refractivity contribution in [2.45, 2.75) is 45.9 Å². The summed E-state index contributed by atoms with van der Waals surface area (Å²) in [4.78, 5) is 4.83. The van der Waals surface area contributed by atoms with Crippen molar-refractivity contribution < 1.29 is 8.95 Å². The van der Waals surface area contributed by atoms with Crippen molar-refractivity contribution in [3.63, 3.8) is 0 Å². The Hall–Kier alpha value is -2.47. The number of hydrogen-bond acceptors (Lipinski definition) is 3. The monoisotopic (exact) mass is 397 g/mol. The summed E-state index contributed by atoms with van der Waals surface area (Å²) in [5.74, 6) is 1.90. The van der Waals surface area contributed by atoms with Gasteiger partial charge in [0.25, 0.3) is 0 Å². The maximum atomic E-state index is 12.0. The van der Waals surface area contributed by atoms with Crippen LogP contribution in [0.1, 0.15) is 44.6 Å². The maximum Gasteiger partial charge on any atom is 0.142 e. The predicted octanol–water partition coefficient (Wildman–Crippen LogP) is 4.54. The third-order valence-electron chi connectivity index (χ3n) is 4.69. The summed E-state index contributed by atoms with van der Waals surface area (Å²) in [6, 6.07) is 14.3. The molecule has 28 heavy (non-hydrogen) atoms. The first kappa shape index (κ1) is 20.3. The van der Waals surface area contributed by atoms with Crippen molar-refractivity contribution in [2.75, 3.05) is 7.11 Å². The summed E-state index contributed by atoms with van der Waals surface area (Å²) in [5.41, 5.74) is 4.96. The zero-order valence-electron chi connectivity index (χ0n) is 17.1. The first-order valence-electron chi connectivity index (χ1n) is 9.51. The second kappa shape index (κ2) is 8.69. The van der Waals surface area contributed by atoms with Crippen LogP contribution in [-0.2, 0) is 24.0 Å². The number of aryl methyl sites for hydroxylation is 1. The Balaban J connectivity index is 1.96. The molecule has 0 bridgehead atoms. The third-order valence-corrected chi connectivity index (χ3v) is 5.95. The zero-order valence-corrected chi connectivity index (χ0v) is 17.9. The van der Waals surface area contributed by atoms with E-state index in [1.54, 1.807) is 7.11 Å². The van der Waals surface area contributed by atoms with Crippen LogP contribution in [0.2, 0.25) is 0 Å². The SMILES string of the molecule is CCc1nc2cc(C(C)=N[S@](=O)C(C)C)ccc2n1Cc1ccc(OC)cc1. The van der Waals surface area contributed by atoms with Gasteiger partial charge in [-0.25, -0.2) is 9.19 Å². The fourth-order valence-corrected chi connectivity index (χ4v) is 3.64. The summed E-state index contributed by atoms with van der Waals surface area (Å²) in [5, 5.41) is 0.00841. The lowest BCUT2D eigenvalue weighted by Crippen LogP contribution is -2.06. The smallest absolute Gasteiger partial charge is 0.142 e. The number of benzene rings is 2. The molecule has 3 aromatic rings. The van der Waals surface area contributed by atoms with E-state index in [1.807, 2.05) is 45.0 Å². The molecular weight excluding hydrogens is 370 g/mol. The van der Waals surface area contributed by atoms with E-state index in [1.165, 1.54) is 5.56 Å². The molecular formula is C22H27N3O2S. The van der Waals surface area contributed by atoms with Crippen LogP contribution in [0.5, 0.6) is 5.75 Å². The van der Waals surface area contributed by atoms with E-state index in [2.05, 4.69) is 34.1 Å². The molecule has 5 nitrogen and oxygen atoms in total. The molecule has 0 N–H and O–H groups in total. The van der Waals surface area contributed by atoms with E-state index in [0.29, 0.717) is 0 Å². The van der Waals surface area contributed by atoms with Crippen LogP contribution in [0.25, 0.3) is 11.0 Å². The number of aromatic nitrogens is 2. The molecule has 1 aromatic heterocycles. The lowest BCUT2D eigenvalue weighted by atomic mass is 10.1. The minimum Gasteiger partial charge on any atom is -0.497 e. The topological polar surface area (TPSA) is 56.5 Å². The molecule has 148 valence electrons. The van der Waals surface area contributed by atoms with Gasteiger partial charge in [0.2, 0.25) is 0 Å². The van der Waals surface area contributed by atoms with Gasteiger partial charge in [-0.05, 0) is 56.2 Å². The number of rotatable bonds is 7. The van der Waals surface area contributed by atoms with Gasteiger partial charge in [0.05, 0.1) is 29.1 Å². The number of hydrogen-bond donors (Lipinski definition) is 0. The van der Waals surface area contributed by atoms with Gasteiger partial charge in [0.15, 0.2) is 0 Å². The van der Waals surface area contributed by atoms with Gasteiger partial charge in [0.1, 0.15) is 22.6 Å². The molecule has 0 unspecified atom stereocenters. The Kier molecular flexibility index (Phi) is 6.29. The molecule has 6 heteroatoms. The highest BCUT2D eigenvalue weighted by atomic mass is 32.2. The van der Waals surface area contributed by atoms with E-state index in [-0.39, 0.29) is 5.25 Å². The molecule has 0 aliphatic rings. The largest absolute Gasteiger partial charge is 0.497 e. The van der Waals surface area contributed by atoms with E-state index in [9.17, 15) is 4.21 Å². The first-order chi connectivity index (χ1) is 13.4. The molecule has 3 rings (SSSR count). The second-order valence-corrected chi connectivity index (χ2v) is 8.70. The van der Waals surface area contributed by atoms with E-state index >= 15 is 0 Å². The van der Waals surface area contributed by atoms with Crippen molar-refractivity contribution >= 4 is 27.7 Å². The molecule has 0 aliphatic carbocycles. The fraction of sp³-hybridized carbons (Fsp3) is 0.364. The number of methoxy groups -OCH3 is 1. The van der Waals surface area contributed by atoms with Crippen LogP contribution in [0.3, 0.4) is 0 Å². The van der Waals surface area contributed by atoms with Crippen LogP contribution >= 0.6 is 0 Å². The standard InChI is InChI=1S/C22H27N3O2S/c1-6-22-23-20-13-18(16(4)24-28(26)15(2)3)9-12-21(20)25(22)14-17-7-10-19(27-5)11-8-17/h7-13,15H,6,14H2,1-5H3/t28-/m1/s1. The summed E-state index contributed by atoms with van der Waals surface area (Å²) in [7, 11) is 0.460. The molecule has 0 saturated heterocycles. The number of ether oxygens (including phenoxy) is 1. The van der Waals surface area contributed by atoms with Gasteiger partial charge >= 0.3 is 0 Å². The van der Waals surface area contributed by atoms with Gasteiger partial charge in [-0.1, -0.05) is 25.1 Å². The molecule has 0 amide bonds. The Labute approximate surface area is 169 Å². The van der Waals surface area contributed by atoms with E-state index < -0.39 is 11.0 Å². The average molecular weight is 398 g/mol. The zero-order chi connectivity index (χ0) is 20.3. The van der Waals surface area contributed by atoms with E-state index in [0.717, 1.165) is 46.8 Å². The highest BCUT2D eigenvalue weighted by Gasteiger charge is 2.12. The van der Waals surface area contributed by atoms with Gasteiger partial charge in [0, 0.05) is 13.0 Å². The predicted molar refractivity (Wildman–Crippen MR) is 117 cm³/mol. The average Bonchev–Trinajstić information content (AvgIpc) is 3.05. The number of nitrogens with zero attached hydrogens (tertiary/aromatic N) is 3. The first-order valence-corrected chi connectivity index (χ1v) is 10.7. The fourth-order valence-electron chi connectivity index (χ4n) is 3.06. The van der Waals surface area contributed by atoms with Crippen LogP contribution in [0, 0.1) is 0 Å². The van der Waals surface area contributed by atoms with Crippen LogP contribution in [0.15, 0.2) is 46.9 Å². The normalized spacial score (nSPS) is 13.3. The highest BCUT2D eigenvalue weighted by molar-refractivity contribution is 7.84. The number of fused-ring (bicyclic) bond motifs is 1. The molecule has 1 heterocycles. The second-order valence-electron chi connectivity index (χ2n) is 7.02. The van der Waals surface area contributed by atoms with Crippen molar-refractivity contribution in [1.82, 2.24) is 9.55 Å². The van der Waals surface area contributed by atoms with Gasteiger partial charge in [-0.2, -0.15) is 4.40 Å². The maximum absolute atomic E-state index is 12.0. The van der Waals surface area contributed by atoms with Crippen molar-refractivity contribution in [3.8, 4) is 5.75 Å². The van der Waals surface area contributed by atoms with Gasteiger partial charge in [-0.15, -0.1) is 0 Å². The van der Waals surface area contributed by atoms with Crippen molar-refractivity contribution in [2.24, 2.45) is 4.40 Å². The molecule has 0 fully saturated rings. The lowest BCUT2D eigenvalue weighted by molar-refractivity contribution is 0.414. The molecule has 0 aliphatic heterocycles. The van der Waals surface area contributed by atoms with Crippen molar-refractivity contribution in [3.05, 3.63) is 59.4 Å². The van der Waals surface area contributed by atoms with Crippen LogP contribution in [-0.4, -0.2) is 31.8 Å². The Bertz CT molecular complexity index is 1020. The van der Waals surface area contributed by atoms with Crippen molar-refractivity contribution in [1.29, 1.82) is 0 Å². The Morgan fingerprint density at radius 1 is 1.21 bits per heavy atom. The lowest BCUT2D eigenvalue weighted by Gasteiger charge is -2.09. The molecule has 2 aromatic carbocycles. The Morgan fingerprint density at radius 2 is 1.93 bits per heavy atom. The minimum absolute atomic E-state index is 0.00841. The summed E-state index contributed by atoms with van der Waals surface area (Å²) in [6.45, 7) is 8.59. The van der Waals surface area contributed by atoms with Gasteiger partial charge in [-0.3, -0.25) is 0 Å². The molecule has 0 radical (unpaired) electrons. The summed E-state index contributed by atoms with van der Waals surface area (Å²) < 4.78 is 23.9. The molecule has 1 atom stereocenters. The summed E-state index contributed by atoms with van der Waals surface area (Å²) >= 11 is 0. The summed E-state index contributed by atoms with van der Waals surface area (Å²) in [6.07, 6.45) is 0.852. The highest BCUT2D eigenvalue weighted by Crippen LogP contribution is 2.22. The van der Waals surface area contributed by atoms with Crippen LogP contribution < -0.4 is 4.74 Å². The minimum atomic E-state index is -1.21. The molecule has 0 saturated carbocycles. The Morgan fingerprint density at radius 3 is 2.54 bits per heavy atom. The van der Waals surface area contributed by atoms with Gasteiger partial charge < -0.3 is 9.30 Å². The number of imidazole rings is 1.